The Hall–Kier alpha value is -2.96. The molecule has 0 aromatic heterocycles. The summed E-state index contributed by atoms with van der Waals surface area (Å²) in [6.07, 6.45) is 0.279. The van der Waals surface area contributed by atoms with Crippen molar-refractivity contribution in [2.24, 2.45) is 0 Å². The first kappa shape index (κ1) is 19.8. The fraction of sp³-hybridized carbons (Fsp3) is 0.381. The minimum atomic E-state index is -0.488. The zero-order chi connectivity index (χ0) is 19.9. The molecule has 0 spiro atoms. The maximum absolute atomic E-state index is 13.1. The Labute approximate surface area is 164 Å². The van der Waals surface area contributed by atoms with Gasteiger partial charge in [-0.25, -0.2) is 9.18 Å². The first-order chi connectivity index (χ1) is 13.6. The molecule has 0 radical (unpaired) electrons. The van der Waals surface area contributed by atoms with E-state index in [1.807, 2.05) is 19.1 Å². The quantitative estimate of drug-likeness (QED) is 0.808. The molecular weight excluding hydrogens is 361 g/mol. The van der Waals surface area contributed by atoms with Gasteiger partial charge in [-0.05, 0) is 42.8 Å². The van der Waals surface area contributed by atoms with Crippen molar-refractivity contribution in [2.75, 3.05) is 55.0 Å². The molecule has 0 atom stereocenters. The van der Waals surface area contributed by atoms with Gasteiger partial charge in [0.2, 0.25) is 0 Å². The molecule has 1 N–H and O–H groups in total. The molecule has 2 aromatic carbocycles. The molecule has 0 bridgehead atoms. The lowest BCUT2D eigenvalue weighted by atomic mass is 10.2. The maximum atomic E-state index is 13.1. The minimum absolute atomic E-state index is 0.228. The predicted molar refractivity (Wildman–Crippen MR) is 109 cm³/mol. The number of hydrogen-bond acceptors (Lipinski definition) is 5. The number of ether oxygens (including phenoxy) is 2. The Bertz CT molecular complexity index is 790. The summed E-state index contributed by atoms with van der Waals surface area (Å²) >= 11 is 0. The van der Waals surface area contributed by atoms with Gasteiger partial charge in [0, 0.05) is 31.9 Å². The van der Waals surface area contributed by atoms with Gasteiger partial charge in [-0.1, -0.05) is 13.0 Å². The molecule has 7 heteroatoms. The molecule has 150 valence electrons. The zero-order valence-electron chi connectivity index (χ0n) is 16.3. The predicted octanol–water partition coefficient (Wildman–Crippen LogP) is 4.12. The summed E-state index contributed by atoms with van der Waals surface area (Å²) in [6, 6.07) is 12.2. The molecule has 2 aromatic rings. The minimum Gasteiger partial charge on any atom is -0.492 e. The highest BCUT2D eigenvalue weighted by Gasteiger charge is 2.22. The molecule has 1 saturated heterocycles. The largest absolute Gasteiger partial charge is 0.492 e. The Morgan fingerprint density at radius 3 is 2.39 bits per heavy atom. The number of anilines is 3. The van der Waals surface area contributed by atoms with Crippen molar-refractivity contribution in [3.63, 3.8) is 0 Å². The van der Waals surface area contributed by atoms with Crippen LogP contribution in [-0.4, -0.2) is 46.0 Å². The van der Waals surface area contributed by atoms with Crippen molar-refractivity contribution < 1.29 is 18.7 Å². The summed E-state index contributed by atoms with van der Waals surface area (Å²) in [4.78, 5) is 16.4. The number of benzene rings is 2. The van der Waals surface area contributed by atoms with E-state index in [4.69, 9.17) is 9.47 Å². The Kier molecular flexibility index (Phi) is 6.57. The van der Waals surface area contributed by atoms with E-state index in [0.717, 1.165) is 44.0 Å². The number of carbonyl (C=O) groups excluding carboxylic acids is 1. The number of rotatable bonds is 6. The molecule has 1 heterocycles. The highest BCUT2D eigenvalue weighted by atomic mass is 19.1. The number of nitrogens with zero attached hydrogens (tertiary/aromatic N) is 2. The van der Waals surface area contributed by atoms with Crippen molar-refractivity contribution in [3.8, 4) is 5.75 Å². The second-order valence-electron chi connectivity index (χ2n) is 6.57. The lowest BCUT2D eigenvalue weighted by molar-refractivity contribution is 0.161. The van der Waals surface area contributed by atoms with Crippen LogP contribution in [0.25, 0.3) is 0 Å². The number of hydrogen-bond donors (Lipinski definition) is 1. The summed E-state index contributed by atoms with van der Waals surface area (Å²) in [7, 11) is 1.59. The SMILES string of the molecule is CCCOC(=O)Nc1cccc(N2CCN(c3ccc(F)cc3)CC2)c1OC. The van der Waals surface area contributed by atoms with Crippen LogP contribution >= 0.6 is 0 Å². The number of halogens is 1. The van der Waals surface area contributed by atoms with Crippen molar-refractivity contribution in [1.82, 2.24) is 0 Å². The van der Waals surface area contributed by atoms with E-state index in [-0.39, 0.29) is 5.82 Å². The third-order valence-electron chi connectivity index (χ3n) is 4.68. The molecule has 1 fully saturated rings. The van der Waals surface area contributed by atoms with Crippen LogP contribution in [0.15, 0.2) is 42.5 Å². The van der Waals surface area contributed by atoms with Crippen LogP contribution in [0.3, 0.4) is 0 Å². The lowest BCUT2D eigenvalue weighted by Crippen LogP contribution is -2.46. The molecule has 28 heavy (non-hydrogen) atoms. The molecular formula is C21H26FN3O3. The van der Waals surface area contributed by atoms with Gasteiger partial charge in [0.1, 0.15) is 5.82 Å². The number of nitrogens with one attached hydrogen (secondary N) is 1. The summed E-state index contributed by atoms with van der Waals surface area (Å²) in [5.74, 6) is 0.389. The first-order valence-corrected chi connectivity index (χ1v) is 9.48. The fourth-order valence-electron chi connectivity index (χ4n) is 3.29. The average Bonchev–Trinajstić information content (AvgIpc) is 2.73. The van der Waals surface area contributed by atoms with Crippen molar-refractivity contribution in [2.45, 2.75) is 13.3 Å². The monoisotopic (exact) mass is 387 g/mol. The molecule has 1 aliphatic heterocycles. The highest BCUT2D eigenvalue weighted by Crippen LogP contribution is 2.36. The molecule has 0 unspecified atom stereocenters. The molecule has 0 aliphatic carbocycles. The number of piperazine rings is 1. The second-order valence-corrected chi connectivity index (χ2v) is 6.57. The smallest absolute Gasteiger partial charge is 0.411 e. The van der Waals surface area contributed by atoms with Gasteiger partial charge in [0.05, 0.1) is 25.1 Å². The van der Waals surface area contributed by atoms with E-state index in [1.165, 1.54) is 12.1 Å². The topological polar surface area (TPSA) is 54.0 Å². The van der Waals surface area contributed by atoms with Crippen LogP contribution in [-0.2, 0) is 4.74 Å². The third kappa shape index (κ3) is 4.65. The number of amides is 1. The van der Waals surface area contributed by atoms with E-state index in [0.29, 0.717) is 18.0 Å². The van der Waals surface area contributed by atoms with Crippen LogP contribution < -0.4 is 19.9 Å². The third-order valence-corrected chi connectivity index (χ3v) is 4.68. The van der Waals surface area contributed by atoms with Crippen LogP contribution in [0.1, 0.15) is 13.3 Å². The van der Waals surface area contributed by atoms with Gasteiger partial charge < -0.3 is 19.3 Å². The number of para-hydroxylation sites is 1. The standard InChI is InChI=1S/C21H26FN3O3/c1-3-15-28-21(26)23-18-5-4-6-19(20(18)27-2)25-13-11-24(12-14-25)17-9-7-16(22)8-10-17/h4-10H,3,11-15H2,1-2H3,(H,23,26). The van der Waals surface area contributed by atoms with Gasteiger partial charge in [-0.15, -0.1) is 0 Å². The van der Waals surface area contributed by atoms with Gasteiger partial charge in [-0.2, -0.15) is 0 Å². The van der Waals surface area contributed by atoms with E-state index in [2.05, 4.69) is 15.1 Å². The second kappa shape index (κ2) is 9.30. The van der Waals surface area contributed by atoms with Gasteiger partial charge in [-0.3, -0.25) is 5.32 Å². The molecule has 1 amide bonds. The van der Waals surface area contributed by atoms with Crippen LogP contribution in [0, 0.1) is 5.82 Å². The van der Waals surface area contributed by atoms with Crippen molar-refractivity contribution in [3.05, 3.63) is 48.3 Å². The summed E-state index contributed by atoms with van der Waals surface area (Å²) in [6.45, 7) is 5.52. The fourth-order valence-corrected chi connectivity index (χ4v) is 3.29. The average molecular weight is 387 g/mol. The molecule has 3 rings (SSSR count). The Morgan fingerprint density at radius 2 is 1.75 bits per heavy atom. The van der Waals surface area contributed by atoms with Gasteiger partial charge >= 0.3 is 6.09 Å². The zero-order valence-corrected chi connectivity index (χ0v) is 16.3. The van der Waals surface area contributed by atoms with Crippen molar-refractivity contribution in [1.29, 1.82) is 0 Å². The number of carbonyl (C=O) groups is 1. The van der Waals surface area contributed by atoms with E-state index >= 15 is 0 Å². The lowest BCUT2D eigenvalue weighted by Gasteiger charge is -2.38. The van der Waals surface area contributed by atoms with Gasteiger partial charge in [0.25, 0.3) is 0 Å². The van der Waals surface area contributed by atoms with Gasteiger partial charge in [0.15, 0.2) is 5.75 Å². The molecule has 0 saturated carbocycles. The van der Waals surface area contributed by atoms with E-state index < -0.39 is 6.09 Å². The van der Waals surface area contributed by atoms with Crippen LogP contribution in [0.4, 0.5) is 26.2 Å². The van der Waals surface area contributed by atoms with Crippen molar-refractivity contribution >= 4 is 23.2 Å². The van der Waals surface area contributed by atoms with E-state index in [1.54, 1.807) is 25.3 Å². The maximum Gasteiger partial charge on any atom is 0.411 e. The number of methoxy groups -OCH3 is 1. The Balaban J connectivity index is 1.69. The van der Waals surface area contributed by atoms with Crippen LogP contribution in [0.5, 0.6) is 5.75 Å². The summed E-state index contributed by atoms with van der Waals surface area (Å²) < 4.78 is 23.8. The van der Waals surface area contributed by atoms with Crippen LogP contribution in [0.2, 0.25) is 0 Å². The summed E-state index contributed by atoms with van der Waals surface area (Å²) in [5, 5.41) is 2.76. The van der Waals surface area contributed by atoms with E-state index in [9.17, 15) is 9.18 Å². The highest BCUT2D eigenvalue weighted by molar-refractivity contribution is 5.89. The molecule has 1 aliphatic rings. The Morgan fingerprint density at radius 1 is 1.07 bits per heavy atom. The molecule has 6 nitrogen and oxygen atoms in total. The summed E-state index contributed by atoms with van der Waals surface area (Å²) in [5.41, 5.74) is 2.53. The normalized spacial score (nSPS) is 14.0. The first-order valence-electron chi connectivity index (χ1n) is 9.48.